The molecule has 2 amide bonds. The van der Waals surface area contributed by atoms with E-state index in [0.29, 0.717) is 18.6 Å². The zero-order valence-electron chi connectivity index (χ0n) is 14.5. The zero-order valence-corrected chi connectivity index (χ0v) is 14.5. The summed E-state index contributed by atoms with van der Waals surface area (Å²) in [5, 5.41) is 2.79. The van der Waals surface area contributed by atoms with Gasteiger partial charge in [0.2, 0.25) is 0 Å². The number of amides is 2. The second-order valence-corrected chi connectivity index (χ2v) is 6.46. The van der Waals surface area contributed by atoms with Crippen LogP contribution in [0.2, 0.25) is 0 Å². The van der Waals surface area contributed by atoms with Gasteiger partial charge in [-0.1, -0.05) is 12.1 Å². The third-order valence-corrected chi connectivity index (χ3v) is 4.10. The highest BCUT2D eigenvalue weighted by atomic mass is 19.4. The highest BCUT2D eigenvalue weighted by Gasteiger charge is 2.39. The van der Waals surface area contributed by atoms with Gasteiger partial charge in [-0.2, -0.15) is 13.2 Å². The summed E-state index contributed by atoms with van der Waals surface area (Å²) in [6.07, 6.45) is -4.60. The number of aromatic nitrogens is 2. The monoisotopic (exact) mass is 367 g/mol. The number of fused-ring (bicyclic) bond motifs is 1. The standard InChI is InChI=1S/C17H20F3N5O/c1-11(2)21-16(26)25-9-7-24(8-10-25)15-14(17(18,19)20)22-12-5-3-4-6-13(12)23-15/h3-6,11H,7-10H2,1-2H3,(H,21,26). The second-order valence-electron chi connectivity index (χ2n) is 6.46. The van der Waals surface area contributed by atoms with Gasteiger partial charge in [0.15, 0.2) is 11.5 Å². The summed E-state index contributed by atoms with van der Waals surface area (Å²) in [7, 11) is 0. The van der Waals surface area contributed by atoms with Crippen molar-refractivity contribution < 1.29 is 18.0 Å². The van der Waals surface area contributed by atoms with E-state index in [9.17, 15) is 18.0 Å². The number of nitrogens with zero attached hydrogens (tertiary/aromatic N) is 4. The van der Waals surface area contributed by atoms with Crippen LogP contribution in [0.5, 0.6) is 0 Å². The summed E-state index contributed by atoms with van der Waals surface area (Å²) in [4.78, 5) is 23.2. The third-order valence-electron chi connectivity index (χ3n) is 4.10. The molecular weight excluding hydrogens is 347 g/mol. The van der Waals surface area contributed by atoms with Gasteiger partial charge >= 0.3 is 12.2 Å². The molecule has 2 aromatic rings. The van der Waals surface area contributed by atoms with Crippen LogP contribution in [0.1, 0.15) is 19.5 Å². The van der Waals surface area contributed by atoms with Gasteiger partial charge in [0, 0.05) is 32.2 Å². The molecule has 26 heavy (non-hydrogen) atoms. The van der Waals surface area contributed by atoms with Crippen molar-refractivity contribution in [3.8, 4) is 0 Å². The molecule has 0 radical (unpaired) electrons. The molecule has 6 nitrogen and oxygen atoms in total. The first kappa shape index (κ1) is 18.2. The van der Waals surface area contributed by atoms with Crippen molar-refractivity contribution in [3.63, 3.8) is 0 Å². The molecule has 1 aromatic heterocycles. The Hall–Kier alpha value is -2.58. The van der Waals surface area contributed by atoms with Crippen molar-refractivity contribution in [1.29, 1.82) is 0 Å². The number of hydrogen-bond acceptors (Lipinski definition) is 4. The molecule has 9 heteroatoms. The number of carbonyl (C=O) groups excluding carboxylic acids is 1. The van der Waals surface area contributed by atoms with Crippen LogP contribution in [0.15, 0.2) is 24.3 Å². The molecule has 0 saturated carbocycles. The van der Waals surface area contributed by atoms with Crippen LogP contribution >= 0.6 is 0 Å². The molecule has 1 aliphatic rings. The summed E-state index contributed by atoms with van der Waals surface area (Å²) in [6.45, 7) is 4.89. The Balaban J connectivity index is 1.85. The van der Waals surface area contributed by atoms with Gasteiger partial charge in [0.05, 0.1) is 11.0 Å². The van der Waals surface area contributed by atoms with Gasteiger partial charge in [-0.05, 0) is 26.0 Å². The van der Waals surface area contributed by atoms with E-state index in [0.717, 1.165) is 0 Å². The molecule has 1 aromatic carbocycles. The quantitative estimate of drug-likeness (QED) is 0.887. The third kappa shape index (κ3) is 3.81. The number of halogens is 3. The molecule has 1 N–H and O–H groups in total. The average molecular weight is 367 g/mol. The Morgan fingerprint density at radius 1 is 1.08 bits per heavy atom. The molecule has 3 rings (SSSR count). The van der Waals surface area contributed by atoms with Crippen molar-refractivity contribution in [1.82, 2.24) is 20.2 Å². The van der Waals surface area contributed by atoms with E-state index in [1.165, 1.54) is 6.07 Å². The fourth-order valence-corrected chi connectivity index (χ4v) is 2.86. The Bertz CT molecular complexity index is 801. The van der Waals surface area contributed by atoms with E-state index in [2.05, 4.69) is 15.3 Å². The topological polar surface area (TPSA) is 61.4 Å². The Morgan fingerprint density at radius 3 is 2.19 bits per heavy atom. The van der Waals surface area contributed by atoms with Crippen molar-refractivity contribution in [2.75, 3.05) is 31.1 Å². The number of piperazine rings is 1. The SMILES string of the molecule is CC(C)NC(=O)N1CCN(c2nc3ccccc3nc2C(F)(F)F)CC1. The molecule has 0 spiro atoms. The van der Waals surface area contributed by atoms with Crippen LogP contribution in [0.3, 0.4) is 0 Å². The number of benzene rings is 1. The predicted molar refractivity (Wildman–Crippen MR) is 92.0 cm³/mol. The number of alkyl halides is 3. The molecule has 2 heterocycles. The highest BCUT2D eigenvalue weighted by molar-refractivity contribution is 5.77. The van der Waals surface area contributed by atoms with Crippen molar-refractivity contribution >= 4 is 22.9 Å². The fraction of sp³-hybridized carbons (Fsp3) is 0.471. The number of carbonyl (C=O) groups is 1. The molecule has 1 fully saturated rings. The number of anilines is 1. The number of nitrogens with one attached hydrogen (secondary N) is 1. The summed E-state index contributed by atoms with van der Waals surface area (Å²) in [6, 6.07) is 6.28. The van der Waals surface area contributed by atoms with Crippen molar-refractivity contribution in [2.24, 2.45) is 0 Å². The Kier molecular flexibility index (Phi) is 4.88. The lowest BCUT2D eigenvalue weighted by Crippen LogP contribution is -2.53. The van der Waals surface area contributed by atoms with Crippen molar-refractivity contribution in [2.45, 2.75) is 26.1 Å². The molecular formula is C17H20F3N5O. The Labute approximate surface area is 149 Å². The van der Waals surface area contributed by atoms with Gasteiger partial charge < -0.3 is 15.1 Å². The molecule has 0 unspecified atom stereocenters. The summed E-state index contributed by atoms with van der Waals surface area (Å²) >= 11 is 0. The average Bonchev–Trinajstić information content (AvgIpc) is 2.59. The van der Waals surface area contributed by atoms with Crippen LogP contribution < -0.4 is 10.2 Å². The van der Waals surface area contributed by atoms with E-state index < -0.39 is 11.9 Å². The minimum atomic E-state index is -4.60. The molecule has 1 aliphatic heterocycles. The van der Waals surface area contributed by atoms with Crippen LogP contribution in [-0.2, 0) is 6.18 Å². The molecule has 0 bridgehead atoms. The summed E-state index contributed by atoms with van der Waals surface area (Å²) < 4.78 is 40.4. The fourth-order valence-electron chi connectivity index (χ4n) is 2.86. The summed E-state index contributed by atoms with van der Waals surface area (Å²) in [5.74, 6) is -0.180. The van der Waals surface area contributed by atoms with E-state index in [1.807, 2.05) is 13.8 Å². The largest absolute Gasteiger partial charge is 0.437 e. The lowest BCUT2D eigenvalue weighted by atomic mass is 10.2. The maximum atomic E-state index is 13.5. The zero-order chi connectivity index (χ0) is 18.9. The molecule has 1 saturated heterocycles. The summed E-state index contributed by atoms with van der Waals surface area (Å²) in [5.41, 5.74) is -0.370. The van der Waals surface area contributed by atoms with Gasteiger partial charge in [-0.3, -0.25) is 0 Å². The number of hydrogen-bond donors (Lipinski definition) is 1. The van der Waals surface area contributed by atoms with Gasteiger partial charge in [0.25, 0.3) is 0 Å². The van der Waals surface area contributed by atoms with E-state index in [1.54, 1.807) is 28.0 Å². The van der Waals surface area contributed by atoms with E-state index >= 15 is 0 Å². The number of rotatable bonds is 2. The number of para-hydroxylation sites is 2. The van der Waals surface area contributed by atoms with Crippen LogP contribution in [0.4, 0.5) is 23.8 Å². The van der Waals surface area contributed by atoms with Crippen LogP contribution in [0, 0.1) is 0 Å². The Morgan fingerprint density at radius 2 is 1.65 bits per heavy atom. The maximum absolute atomic E-state index is 13.5. The van der Waals surface area contributed by atoms with Gasteiger partial charge in [-0.15, -0.1) is 0 Å². The lowest BCUT2D eigenvalue weighted by molar-refractivity contribution is -0.140. The lowest BCUT2D eigenvalue weighted by Gasteiger charge is -2.36. The first-order valence-corrected chi connectivity index (χ1v) is 8.40. The maximum Gasteiger partial charge on any atom is 0.437 e. The normalized spacial score (nSPS) is 15.6. The first-order chi connectivity index (χ1) is 12.3. The number of urea groups is 1. The van der Waals surface area contributed by atoms with Gasteiger partial charge in [-0.25, -0.2) is 14.8 Å². The van der Waals surface area contributed by atoms with Crippen LogP contribution in [0.25, 0.3) is 11.0 Å². The molecule has 140 valence electrons. The van der Waals surface area contributed by atoms with Crippen molar-refractivity contribution in [3.05, 3.63) is 30.0 Å². The van der Waals surface area contributed by atoms with Gasteiger partial charge in [0.1, 0.15) is 0 Å². The first-order valence-electron chi connectivity index (χ1n) is 8.40. The van der Waals surface area contributed by atoms with E-state index in [-0.39, 0.29) is 36.5 Å². The van der Waals surface area contributed by atoms with E-state index in [4.69, 9.17) is 0 Å². The molecule has 0 aliphatic carbocycles. The van der Waals surface area contributed by atoms with Crippen LogP contribution in [-0.4, -0.2) is 53.1 Å². The smallest absolute Gasteiger partial charge is 0.351 e. The minimum absolute atomic E-state index is 0.00344. The second kappa shape index (κ2) is 6.97. The predicted octanol–water partition coefficient (Wildman–Crippen LogP) is 2.89. The minimum Gasteiger partial charge on any atom is -0.351 e. The molecule has 0 atom stereocenters. The highest BCUT2D eigenvalue weighted by Crippen LogP contribution is 2.35.